The summed E-state index contributed by atoms with van der Waals surface area (Å²) in [6.45, 7) is 0.736. The third kappa shape index (κ3) is 1.60. The van der Waals surface area contributed by atoms with E-state index in [1.807, 2.05) is 0 Å². The molecule has 0 bridgehead atoms. The predicted molar refractivity (Wildman–Crippen MR) is 37.7 cm³/mol. The molecule has 1 fully saturated rings. The second-order valence-electron chi connectivity index (χ2n) is 3.07. The van der Waals surface area contributed by atoms with Gasteiger partial charge in [0.25, 0.3) is 6.43 Å². The highest BCUT2D eigenvalue weighted by Crippen LogP contribution is 2.30. The molecule has 1 aliphatic carbocycles. The van der Waals surface area contributed by atoms with Crippen molar-refractivity contribution in [1.29, 1.82) is 0 Å². The first-order valence-corrected chi connectivity index (χ1v) is 3.93. The molecule has 0 amide bonds. The van der Waals surface area contributed by atoms with Gasteiger partial charge in [0.2, 0.25) is 5.82 Å². The Kier molecular flexibility index (Phi) is 1.78. The number of alkyl halides is 2. The van der Waals surface area contributed by atoms with Crippen molar-refractivity contribution in [2.45, 2.75) is 25.8 Å². The smallest absolute Gasteiger partial charge is 0.252 e. The molecule has 0 radical (unpaired) electrons. The quantitative estimate of drug-likeness (QED) is 0.695. The van der Waals surface area contributed by atoms with Crippen LogP contribution in [-0.4, -0.2) is 14.8 Å². The van der Waals surface area contributed by atoms with Gasteiger partial charge in [-0.1, -0.05) is 0 Å². The van der Waals surface area contributed by atoms with Crippen molar-refractivity contribution in [2.24, 2.45) is 5.92 Å². The zero-order valence-corrected chi connectivity index (χ0v) is 6.45. The lowest BCUT2D eigenvalue weighted by atomic mass is 10.4. The molecule has 1 aromatic heterocycles. The van der Waals surface area contributed by atoms with Gasteiger partial charge in [-0.05, 0) is 18.8 Å². The van der Waals surface area contributed by atoms with E-state index < -0.39 is 6.43 Å². The van der Waals surface area contributed by atoms with Crippen molar-refractivity contribution in [3.63, 3.8) is 0 Å². The molecular formula is C7H9F2N3. The number of halogens is 2. The van der Waals surface area contributed by atoms with Crippen molar-refractivity contribution >= 4 is 0 Å². The Labute approximate surface area is 68.4 Å². The molecule has 0 aromatic carbocycles. The standard InChI is InChI=1S/C7H9F2N3/c8-6(9)7-10-4-12(11-7)3-5-1-2-5/h4-6H,1-3H2. The van der Waals surface area contributed by atoms with Crippen molar-refractivity contribution in [3.8, 4) is 0 Å². The maximum atomic E-state index is 12.0. The third-order valence-electron chi connectivity index (χ3n) is 1.89. The van der Waals surface area contributed by atoms with Crippen LogP contribution in [0, 0.1) is 5.92 Å². The summed E-state index contributed by atoms with van der Waals surface area (Å²) in [5.41, 5.74) is 0. The summed E-state index contributed by atoms with van der Waals surface area (Å²) in [6.07, 6.45) is 1.19. The minimum atomic E-state index is -2.55. The van der Waals surface area contributed by atoms with Crippen LogP contribution in [0.4, 0.5) is 8.78 Å². The van der Waals surface area contributed by atoms with Crippen LogP contribution in [0.1, 0.15) is 25.1 Å². The van der Waals surface area contributed by atoms with Crippen molar-refractivity contribution in [2.75, 3.05) is 0 Å². The van der Waals surface area contributed by atoms with Crippen LogP contribution in [0.15, 0.2) is 6.33 Å². The minimum Gasteiger partial charge on any atom is -0.252 e. The van der Waals surface area contributed by atoms with Gasteiger partial charge in [0.05, 0.1) is 0 Å². The fourth-order valence-electron chi connectivity index (χ4n) is 1.06. The van der Waals surface area contributed by atoms with Gasteiger partial charge in [0.15, 0.2) is 0 Å². The molecule has 1 aromatic rings. The molecule has 0 saturated heterocycles. The van der Waals surface area contributed by atoms with E-state index in [1.165, 1.54) is 23.9 Å². The molecule has 0 unspecified atom stereocenters. The van der Waals surface area contributed by atoms with Gasteiger partial charge < -0.3 is 0 Å². The minimum absolute atomic E-state index is 0.365. The first-order valence-electron chi connectivity index (χ1n) is 3.93. The Hall–Kier alpha value is -1.00. The fraction of sp³-hybridized carbons (Fsp3) is 0.714. The predicted octanol–water partition coefficient (Wildman–Crippen LogP) is 1.63. The first-order chi connectivity index (χ1) is 5.75. The van der Waals surface area contributed by atoms with E-state index in [0.29, 0.717) is 5.92 Å². The van der Waals surface area contributed by atoms with Gasteiger partial charge in [-0.15, -0.1) is 5.10 Å². The maximum absolute atomic E-state index is 12.0. The van der Waals surface area contributed by atoms with Gasteiger partial charge in [0, 0.05) is 6.54 Å². The van der Waals surface area contributed by atoms with E-state index in [0.717, 1.165) is 6.54 Å². The molecule has 0 spiro atoms. The molecule has 2 rings (SSSR count). The number of nitrogens with zero attached hydrogens (tertiary/aromatic N) is 3. The summed E-state index contributed by atoms with van der Waals surface area (Å²) in [7, 11) is 0. The SMILES string of the molecule is FC(F)c1ncn(CC2CC2)n1. The summed E-state index contributed by atoms with van der Waals surface area (Å²) in [4.78, 5) is 3.50. The van der Waals surface area contributed by atoms with Crippen LogP contribution < -0.4 is 0 Å². The van der Waals surface area contributed by atoms with Crippen molar-refractivity contribution < 1.29 is 8.78 Å². The number of hydrogen-bond acceptors (Lipinski definition) is 2. The average Bonchev–Trinajstić information content (AvgIpc) is 2.66. The lowest BCUT2D eigenvalue weighted by Gasteiger charge is -1.95. The molecule has 0 aliphatic heterocycles. The van der Waals surface area contributed by atoms with Crippen LogP contribution in [0.5, 0.6) is 0 Å². The highest BCUT2D eigenvalue weighted by atomic mass is 19.3. The number of rotatable bonds is 3. The van der Waals surface area contributed by atoms with E-state index in [2.05, 4.69) is 10.1 Å². The number of aromatic nitrogens is 3. The summed E-state index contributed by atoms with van der Waals surface area (Å²) in [5.74, 6) is 0.271. The highest BCUT2D eigenvalue weighted by Gasteiger charge is 2.23. The monoisotopic (exact) mass is 173 g/mol. The summed E-state index contributed by atoms with van der Waals surface area (Å²) >= 11 is 0. The van der Waals surface area contributed by atoms with Gasteiger partial charge in [-0.25, -0.2) is 13.8 Å². The van der Waals surface area contributed by atoms with Crippen LogP contribution in [0.2, 0.25) is 0 Å². The van der Waals surface area contributed by atoms with E-state index in [1.54, 1.807) is 0 Å². The van der Waals surface area contributed by atoms with E-state index in [4.69, 9.17) is 0 Å². The number of hydrogen-bond donors (Lipinski definition) is 0. The van der Waals surface area contributed by atoms with Crippen molar-refractivity contribution in [3.05, 3.63) is 12.2 Å². The Morgan fingerprint density at radius 2 is 2.33 bits per heavy atom. The second-order valence-corrected chi connectivity index (χ2v) is 3.07. The fourth-order valence-corrected chi connectivity index (χ4v) is 1.06. The Morgan fingerprint density at radius 1 is 1.58 bits per heavy atom. The van der Waals surface area contributed by atoms with Gasteiger partial charge in [-0.3, -0.25) is 4.68 Å². The molecule has 66 valence electrons. The third-order valence-corrected chi connectivity index (χ3v) is 1.89. The van der Waals surface area contributed by atoms with Crippen LogP contribution in [0.3, 0.4) is 0 Å². The van der Waals surface area contributed by atoms with E-state index in [-0.39, 0.29) is 5.82 Å². The zero-order valence-electron chi connectivity index (χ0n) is 6.45. The second kappa shape index (κ2) is 2.80. The van der Waals surface area contributed by atoms with E-state index in [9.17, 15) is 8.78 Å². The summed E-state index contributed by atoms with van der Waals surface area (Å²) in [5, 5.41) is 3.65. The molecule has 5 heteroatoms. The topological polar surface area (TPSA) is 30.7 Å². The van der Waals surface area contributed by atoms with Gasteiger partial charge in [0.1, 0.15) is 6.33 Å². The van der Waals surface area contributed by atoms with Crippen LogP contribution >= 0.6 is 0 Å². The Bertz CT molecular complexity index is 267. The Morgan fingerprint density at radius 3 is 2.83 bits per heavy atom. The molecule has 3 nitrogen and oxygen atoms in total. The lowest BCUT2D eigenvalue weighted by molar-refractivity contribution is 0.140. The van der Waals surface area contributed by atoms with E-state index >= 15 is 0 Å². The lowest BCUT2D eigenvalue weighted by Crippen LogP contribution is -2.00. The maximum Gasteiger partial charge on any atom is 0.299 e. The summed E-state index contributed by atoms with van der Waals surface area (Å²) in [6, 6.07) is 0. The first kappa shape index (κ1) is 7.64. The molecule has 0 atom stereocenters. The zero-order chi connectivity index (χ0) is 8.55. The van der Waals surface area contributed by atoms with Gasteiger partial charge in [-0.2, -0.15) is 0 Å². The summed E-state index contributed by atoms with van der Waals surface area (Å²) < 4.78 is 25.5. The molecule has 1 aliphatic rings. The highest BCUT2D eigenvalue weighted by molar-refractivity contribution is 4.84. The van der Waals surface area contributed by atoms with Crippen LogP contribution in [-0.2, 0) is 6.54 Å². The normalized spacial score (nSPS) is 17.2. The largest absolute Gasteiger partial charge is 0.299 e. The molecule has 12 heavy (non-hydrogen) atoms. The average molecular weight is 173 g/mol. The molecule has 1 heterocycles. The van der Waals surface area contributed by atoms with Crippen molar-refractivity contribution in [1.82, 2.24) is 14.8 Å². The van der Waals surface area contributed by atoms with Crippen LogP contribution in [0.25, 0.3) is 0 Å². The molecule has 1 saturated carbocycles. The molecule has 0 N–H and O–H groups in total. The Balaban J connectivity index is 2.02. The molecular weight excluding hydrogens is 164 g/mol. The van der Waals surface area contributed by atoms with Gasteiger partial charge >= 0.3 is 0 Å².